The van der Waals surface area contributed by atoms with Crippen molar-refractivity contribution in [3.05, 3.63) is 85.6 Å². The summed E-state index contributed by atoms with van der Waals surface area (Å²) in [5.74, 6) is 0. The van der Waals surface area contributed by atoms with Gasteiger partial charge in [0.1, 0.15) is 0 Å². The van der Waals surface area contributed by atoms with Crippen LogP contribution in [0.2, 0.25) is 10.0 Å². The van der Waals surface area contributed by atoms with Gasteiger partial charge < -0.3 is 0 Å². The first-order chi connectivity index (χ1) is 17.1. The highest BCUT2D eigenvalue weighted by Crippen LogP contribution is 2.41. The van der Waals surface area contributed by atoms with Gasteiger partial charge in [-0.25, -0.2) is 9.67 Å². The molecule has 0 radical (unpaired) electrons. The number of thioether (sulfide) groups is 1. The van der Waals surface area contributed by atoms with Crippen molar-refractivity contribution < 1.29 is 14.5 Å². The molecule has 0 aliphatic rings. The van der Waals surface area contributed by atoms with Crippen LogP contribution in [0, 0.1) is 17.0 Å². The molecular formula is C24H20Cl2N4O4S2. The van der Waals surface area contributed by atoms with Gasteiger partial charge in [0.15, 0.2) is 0 Å². The third-order valence-corrected chi connectivity index (χ3v) is 7.88. The molecule has 0 amide bonds. The summed E-state index contributed by atoms with van der Waals surface area (Å²) in [6.07, 6.45) is 2.56. The van der Waals surface area contributed by atoms with Crippen LogP contribution in [-0.4, -0.2) is 31.1 Å². The molecule has 36 heavy (non-hydrogen) atoms. The molecule has 0 bridgehead atoms. The minimum atomic E-state index is -0.352. The largest absolute Gasteiger partial charge is 0.373 e. The van der Waals surface area contributed by atoms with Crippen LogP contribution in [-0.2, 0) is 16.0 Å². The second kappa shape index (κ2) is 12.3. The highest BCUT2D eigenvalue weighted by Gasteiger charge is 2.20. The van der Waals surface area contributed by atoms with Gasteiger partial charge in [-0.2, -0.15) is 14.7 Å². The summed E-state index contributed by atoms with van der Waals surface area (Å²) in [5.41, 5.74) is 4.19. The zero-order valence-corrected chi connectivity index (χ0v) is 22.5. The number of hydrogen-bond donors (Lipinski definition) is 0. The second-order valence-electron chi connectivity index (χ2n) is 7.76. The number of thiazole rings is 1. The van der Waals surface area contributed by atoms with Crippen LogP contribution in [0.1, 0.15) is 30.7 Å². The summed E-state index contributed by atoms with van der Waals surface area (Å²) in [4.78, 5) is 32.2. The van der Waals surface area contributed by atoms with Crippen LogP contribution in [0.4, 0.5) is 5.69 Å². The SMILES string of the molecule is Cc1nn(-c2nc(-c3ccc(Cl)c(Cl)c3)c(SC(C)C)s2)cc1Cc1ccccc1[N+](=O)[O-].O=C=O. The quantitative estimate of drug-likeness (QED) is 0.135. The maximum absolute atomic E-state index is 11.4. The monoisotopic (exact) mass is 562 g/mol. The van der Waals surface area contributed by atoms with Gasteiger partial charge in [-0.05, 0) is 24.6 Å². The van der Waals surface area contributed by atoms with E-state index in [0.29, 0.717) is 27.3 Å². The van der Waals surface area contributed by atoms with Gasteiger partial charge in [0, 0.05) is 35.1 Å². The highest BCUT2D eigenvalue weighted by atomic mass is 35.5. The lowest BCUT2D eigenvalue weighted by molar-refractivity contribution is -0.385. The molecule has 0 unspecified atom stereocenters. The van der Waals surface area contributed by atoms with Crippen molar-refractivity contribution in [1.29, 1.82) is 0 Å². The Morgan fingerprint density at radius 3 is 2.47 bits per heavy atom. The summed E-state index contributed by atoms with van der Waals surface area (Å²) in [6.45, 7) is 6.16. The van der Waals surface area contributed by atoms with Gasteiger partial charge in [0.25, 0.3) is 5.69 Å². The van der Waals surface area contributed by atoms with E-state index in [0.717, 1.165) is 31.9 Å². The lowest BCUT2D eigenvalue weighted by Gasteiger charge is -2.05. The van der Waals surface area contributed by atoms with E-state index in [1.54, 1.807) is 46.0 Å². The zero-order chi connectivity index (χ0) is 26.4. The molecule has 0 saturated heterocycles. The van der Waals surface area contributed by atoms with Gasteiger partial charge in [-0.1, -0.05) is 72.7 Å². The van der Waals surface area contributed by atoms with Crippen LogP contribution in [0.5, 0.6) is 0 Å². The molecule has 2 heterocycles. The van der Waals surface area contributed by atoms with E-state index in [-0.39, 0.29) is 16.8 Å². The molecule has 4 aromatic rings. The molecule has 12 heteroatoms. The molecule has 4 rings (SSSR count). The fourth-order valence-electron chi connectivity index (χ4n) is 3.32. The zero-order valence-electron chi connectivity index (χ0n) is 19.4. The molecule has 0 fully saturated rings. The van der Waals surface area contributed by atoms with Crippen molar-refractivity contribution in [1.82, 2.24) is 14.8 Å². The van der Waals surface area contributed by atoms with E-state index in [4.69, 9.17) is 37.8 Å². The van der Waals surface area contributed by atoms with Crippen LogP contribution < -0.4 is 0 Å². The van der Waals surface area contributed by atoms with E-state index in [2.05, 4.69) is 18.9 Å². The van der Waals surface area contributed by atoms with E-state index >= 15 is 0 Å². The Kier molecular flexibility index (Phi) is 9.42. The third-order valence-electron chi connectivity index (χ3n) is 4.89. The maximum atomic E-state index is 11.4. The molecular weight excluding hydrogens is 543 g/mol. The molecule has 2 aromatic carbocycles. The van der Waals surface area contributed by atoms with E-state index in [9.17, 15) is 10.1 Å². The summed E-state index contributed by atoms with van der Waals surface area (Å²) >= 11 is 15.6. The number of para-hydroxylation sites is 1. The first-order valence-corrected chi connectivity index (χ1v) is 13.0. The topological polar surface area (TPSA) is 108 Å². The molecule has 0 saturated carbocycles. The lowest BCUT2D eigenvalue weighted by Crippen LogP contribution is -1.96. The lowest BCUT2D eigenvalue weighted by atomic mass is 10.0. The molecule has 0 spiro atoms. The fourth-order valence-corrected chi connectivity index (χ4v) is 6.07. The summed E-state index contributed by atoms with van der Waals surface area (Å²) in [6, 6.07) is 12.3. The first-order valence-electron chi connectivity index (χ1n) is 10.5. The minimum Gasteiger partial charge on any atom is -0.258 e. The average molecular weight is 563 g/mol. The van der Waals surface area contributed by atoms with Gasteiger partial charge in [-0.15, -0.1) is 11.8 Å². The summed E-state index contributed by atoms with van der Waals surface area (Å²) < 4.78 is 2.81. The van der Waals surface area contributed by atoms with Crippen molar-refractivity contribution >= 4 is 58.1 Å². The average Bonchev–Trinajstić information content (AvgIpc) is 3.39. The fraction of sp³-hybridized carbons (Fsp3) is 0.208. The predicted octanol–water partition coefficient (Wildman–Crippen LogP) is 7.03. The predicted molar refractivity (Wildman–Crippen MR) is 141 cm³/mol. The Morgan fingerprint density at radius 1 is 1.14 bits per heavy atom. The number of rotatable bonds is 7. The number of carbonyl (C=O) groups excluding carboxylic acids is 2. The maximum Gasteiger partial charge on any atom is 0.373 e. The standard InChI is InChI=1S/C23H20Cl2N4O2S2.CO2/c1-13(2)32-22-21(16-8-9-18(24)19(25)11-16)26-23(33-22)28-12-17(14(3)27-28)10-15-6-4-5-7-20(15)29(30)31;2-1-3/h4-9,11-13H,10H2,1-3H3;. The smallest absolute Gasteiger partial charge is 0.258 e. The molecule has 186 valence electrons. The molecule has 0 aliphatic heterocycles. The van der Waals surface area contributed by atoms with Gasteiger partial charge in [-0.3, -0.25) is 10.1 Å². The van der Waals surface area contributed by atoms with Gasteiger partial charge in [0.05, 0.1) is 30.6 Å². The number of nitro groups is 1. The molecule has 2 aromatic heterocycles. The minimum absolute atomic E-state index is 0.108. The Bertz CT molecular complexity index is 1430. The third kappa shape index (κ3) is 6.60. The van der Waals surface area contributed by atoms with Crippen molar-refractivity contribution in [3.8, 4) is 16.4 Å². The van der Waals surface area contributed by atoms with Crippen LogP contribution in [0.3, 0.4) is 0 Å². The number of hydrogen-bond acceptors (Lipinski definition) is 8. The first kappa shape index (κ1) is 27.6. The molecule has 0 atom stereocenters. The second-order valence-corrected chi connectivity index (χ2v) is 11.4. The number of aryl methyl sites for hydroxylation is 1. The number of halogens is 2. The van der Waals surface area contributed by atoms with Gasteiger partial charge in [0.2, 0.25) is 5.13 Å². The Balaban J connectivity index is 0.00000115. The molecule has 0 N–H and O–H groups in total. The van der Waals surface area contributed by atoms with Crippen molar-refractivity contribution in [2.75, 3.05) is 0 Å². The summed E-state index contributed by atoms with van der Waals surface area (Å²) in [7, 11) is 0. The Morgan fingerprint density at radius 2 is 1.83 bits per heavy atom. The van der Waals surface area contributed by atoms with Crippen LogP contribution in [0.25, 0.3) is 16.4 Å². The number of aromatic nitrogens is 3. The Labute approximate surface area is 225 Å². The highest BCUT2D eigenvalue weighted by molar-refractivity contribution is 8.01. The number of nitrogens with zero attached hydrogens (tertiary/aromatic N) is 4. The normalized spacial score (nSPS) is 10.6. The van der Waals surface area contributed by atoms with Crippen molar-refractivity contribution in [2.45, 2.75) is 36.7 Å². The number of benzene rings is 2. The van der Waals surface area contributed by atoms with Crippen molar-refractivity contribution in [3.63, 3.8) is 0 Å². The van der Waals surface area contributed by atoms with Gasteiger partial charge >= 0.3 is 6.15 Å². The molecule has 8 nitrogen and oxygen atoms in total. The van der Waals surface area contributed by atoms with Crippen LogP contribution in [0.15, 0.2) is 52.9 Å². The van der Waals surface area contributed by atoms with Crippen LogP contribution >= 0.6 is 46.3 Å². The Hall–Kier alpha value is -3.01. The summed E-state index contributed by atoms with van der Waals surface area (Å²) in [5, 5.41) is 18.1. The molecule has 0 aliphatic carbocycles. The van der Waals surface area contributed by atoms with E-state index < -0.39 is 0 Å². The van der Waals surface area contributed by atoms with E-state index in [1.807, 2.05) is 31.3 Å². The van der Waals surface area contributed by atoms with E-state index in [1.165, 1.54) is 6.07 Å². The van der Waals surface area contributed by atoms with Crippen molar-refractivity contribution in [2.24, 2.45) is 0 Å². The number of nitro benzene ring substituents is 1.